The third-order valence-corrected chi connectivity index (χ3v) is 3.70. The van der Waals surface area contributed by atoms with Crippen molar-refractivity contribution in [2.24, 2.45) is 7.05 Å². The molecule has 0 saturated carbocycles. The number of aromatic amines is 1. The minimum Gasteiger partial charge on any atom is -0.383 e. The van der Waals surface area contributed by atoms with Crippen molar-refractivity contribution < 1.29 is 0 Å². The number of nitrogens with one attached hydrogen (secondary N) is 1. The molecule has 0 saturated heterocycles. The van der Waals surface area contributed by atoms with Crippen LogP contribution in [0.5, 0.6) is 0 Å². The number of aromatic nitrogens is 5. The van der Waals surface area contributed by atoms with E-state index >= 15 is 0 Å². The van der Waals surface area contributed by atoms with E-state index in [0.717, 1.165) is 11.1 Å². The highest BCUT2D eigenvalue weighted by Crippen LogP contribution is 2.37. The Kier molecular flexibility index (Phi) is 3.11. The van der Waals surface area contributed by atoms with E-state index in [1.165, 1.54) is 0 Å². The summed E-state index contributed by atoms with van der Waals surface area (Å²) >= 11 is 12.0. The van der Waals surface area contributed by atoms with Crippen LogP contribution in [-0.2, 0) is 7.05 Å². The van der Waals surface area contributed by atoms with Crippen molar-refractivity contribution in [3.05, 3.63) is 34.4 Å². The van der Waals surface area contributed by atoms with E-state index in [4.69, 9.17) is 28.9 Å². The van der Waals surface area contributed by atoms with Gasteiger partial charge in [0, 0.05) is 7.05 Å². The summed E-state index contributed by atoms with van der Waals surface area (Å²) in [4.78, 5) is 0. The number of hydrogen-bond acceptors (Lipinski definition) is 4. The van der Waals surface area contributed by atoms with E-state index in [2.05, 4.69) is 20.5 Å². The predicted molar refractivity (Wildman–Crippen MR) is 78.5 cm³/mol. The fourth-order valence-corrected chi connectivity index (χ4v) is 2.27. The smallest absolute Gasteiger partial charge is 0.133 e. The van der Waals surface area contributed by atoms with Gasteiger partial charge in [-0.3, -0.25) is 4.68 Å². The van der Waals surface area contributed by atoms with Gasteiger partial charge in [0.1, 0.15) is 17.2 Å². The Morgan fingerprint density at radius 3 is 2.70 bits per heavy atom. The van der Waals surface area contributed by atoms with Crippen molar-refractivity contribution in [3.63, 3.8) is 0 Å². The monoisotopic (exact) mass is 308 g/mol. The van der Waals surface area contributed by atoms with Crippen molar-refractivity contribution in [2.45, 2.75) is 0 Å². The number of H-pyrrole nitrogens is 1. The Labute approximate surface area is 124 Å². The van der Waals surface area contributed by atoms with Crippen molar-refractivity contribution in [1.82, 2.24) is 25.2 Å². The van der Waals surface area contributed by atoms with Crippen LogP contribution in [0, 0.1) is 0 Å². The highest BCUT2D eigenvalue weighted by Gasteiger charge is 2.19. The quantitative estimate of drug-likeness (QED) is 0.762. The van der Waals surface area contributed by atoms with Gasteiger partial charge in [0.2, 0.25) is 0 Å². The second-order valence-corrected chi connectivity index (χ2v) is 5.03. The molecular weight excluding hydrogens is 299 g/mol. The Morgan fingerprint density at radius 1 is 1.25 bits per heavy atom. The van der Waals surface area contributed by atoms with Gasteiger partial charge in [0.05, 0.1) is 21.8 Å². The maximum Gasteiger partial charge on any atom is 0.133 e. The van der Waals surface area contributed by atoms with Crippen LogP contribution in [0.4, 0.5) is 5.82 Å². The summed E-state index contributed by atoms with van der Waals surface area (Å²) in [7, 11) is 1.76. The van der Waals surface area contributed by atoms with Gasteiger partial charge in [-0.25, -0.2) is 0 Å². The van der Waals surface area contributed by atoms with Gasteiger partial charge in [-0.15, -0.1) is 0 Å². The van der Waals surface area contributed by atoms with Crippen molar-refractivity contribution in [3.8, 4) is 22.5 Å². The number of halogens is 2. The SMILES string of the molecule is Cn1nc(-c2cn[nH]n2)c(-c2ccc(Cl)c(Cl)c2)c1N. The standard InChI is InChI=1S/C12H10Cl2N6/c1-20-12(15)10(6-2-3-7(13)8(14)4-6)11(18-20)9-5-16-19-17-9/h2-5H,15H2,1H3,(H,16,17,19). The number of hydrogen-bond donors (Lipinski definition) is 2. The van der Waals surface area contributed by atoms with Gasteiger partial charge in [-0.1, -0.05) is 29.3 Å². The zero-order valence-corrected chi connectivity index (χ0v) is 11.9. The lowest BCUT2D eigenvalue weighted by atomic mass is 10.0. The second kappa shape index (κ2) is 4.81. The molecule has 0 amide bonds. The number of nitrogens with zero attached hydrogens (tertiary/aromatic N) is 4. The lowest BCUT2D eigenvalue weighted by Gasteiger charge is -2.04. The van der Waals surface area contributed by atoms with Gasteiger partial charge >= 0.3 is 0 Å². The second-order valence-electron chi connectivity index (χ2n) is 4.22. The van der Waals surface area contributed by atoms with Crippen LogP contribution in [0.25, 0.3) is 22.5 Å². The first-order valence-corrected chi connectivity index (χ1v) is 6.47. The molecule has 0 atom stereocenters. The highest BCUT2D eigenvalue weighted by molar-refractivity contribution is 6.42. The summed E-state index contributed by atoms with van der Waals surface area (Å²) in [5.74, 6) is 0.515. The zero-order chi connectivity index (χ0) is 14.3. The normalized spacial score (nSPS) is 10.9. The van der Waals surface area contributed by atoms with Gasteiger partial charge < -0.3 is 5.73 Å². The van der Waals surface area contributed by atoms with E-state index in [9.17, 15) is 0 Å². The van der Waals surface area contributed by atoms with Crippen LogP contribution in [-0.4, -0.2) is 25.2 Å². The Morgan fingerprint density at radius 2 is 2.05 bits per heavy atom. The number of anilines is 1. The van der Waals surface area contributed by atoms with Gasteiger partial charge in [0.25, 0.3) is 0 Å². The zero-order valence-electron chi connectivity index (χ0n) is 10.4. The minimum absolute atomic E-state index is 0.457. The van der Waals surface area contributed by atoms with Gasteiger partial charge in [-0.2, -0.15) is 20.5 Å². The van der Waals surface area contributed by atoms with E-state index in [-0.39, 0.29) is 0 Å². The Balaban J connectivity index is 2.25. The molecule has 0 aliphatic heterocycles. The summed E-state index contributed by atoms with van der Waals surface area (Å²) in [6.45, 7) is 0. The maximum absolute atomic E-state index is 6.10. The van der Waals surface area contributed by atoms with Crippen LogP contribution >= 0.6 is 23.2 Å². The molecule has 0 radical (unpaired) electrons. The summed E-state index contributed by atoms with van der Waals surface area (Å²) in [6, 6.07) is 5.31. The first-order chi connectivity index (χ1) is 9.58. The van der Waals surface area contributed by atoms with Crippen LogP contribution in [0.15, 0.2) is 24.4 Å². The summed E-state index contributed by atoms with van der Waals surface area (Å²) in [5.41, 5.74) is 8.91. The fourth-order valence-electron chi connectivity index (χ4n) is 1.97. The van der Waals surface area contributed by atoms with E-state index < -0.39 is 0 Å². The summed E-state index contributed by atoms with van der Waals surface area (Å²) in [5, 5.41) is 15.7. The van der Waals surface area contributed by atoms with Crippen LogP contribution in [0.1, 0.15) is 0 Å². The summed E-state index contributed by atoms with van der Waals surface area (Å²) in [6.07, 6.45) is 1.59. The highest BCUT2D eigenvalue weighted by atomic mass is 35.5. The molecule has 2 heterocycles. The molecule has 0 aliphatic rings. The number of nitrogens with two attached hydrogens (primary N) is 1. The molecule has 3 rings (SSSR count). The summed E-state index contributed by atoms with van der Waals surface area (Å²) < 4.78 is 1.59. The molecule has 0 unspecified atom stereocenters. The molecule has 0 fully saturated rings. The topological polar surface area (TPSA) is 85.4 Å². The fraction of sp³-hybridized carbons (Fsp3) is 0.0833. The van der Waals surface area contributed by atoms with Crippen LogP contribution in [0.2, 0.25) is 10.0 Å². The van der Waals surface area contributed by atoms with Crippen molar-refractivity contribution >= 4 is 29.0 Å². The molecule has 2 aromatic heterocycles. The molecule has 102 valence electrons. The lowest BCUT2D eigenvalue weighted by Crippen LogP contribution is -1.98. The van der Waals surface area contributed by atoms with E-state index in [1.54, 1.807) is 30.1 Å². The molecule has 1 aromatic carbocycles. The molecule has 8 heteroatoms. The molecule has 0 bridgehead atoms. The number of aryl methyl sites for hydroxylation is 1. The first-order valence-electron chi connectivity index (χ1n) is 5.72. The average molecular weight is 309 g/mol. The number of benzene rings is 1. The molecule has 3 aromatic rings. The molecule has 3 N–H and O–H groups in total. The molecule has 6 nitrogen and oxygen atoms in total. The van der Waals surface area contributed by atoms with E-state index in [1.807, 2.05) is 6.07 Å². The van der Waals surface area contributed by atoms with Gasteiger partial charge in [-0.05, 0) is 17.7 Å². The Hall–Kier alpha value is -2.05. The minimum atomic E-state index is 0.457. The third-order valence-electron chi connectivity index (χ3n) is 2.96. The molecular formula is C12H10Cl2N6. The van der Waals surface area contributed by atoms with Crippen molar-refractivity contribution in [2.75, 3.05) is 5.73 Å². The molecule has 20 heavy (non-hydrogen) atoms. The third kappa shape index (κ3) is 2.03. The van der Waals surface area contributed by atoms with Crippen LogP contribution < -0.4 is 5.73 Å². The first kappa shape index (κ1) is 13.0. The average Bonchev–Trinajstić information content (AvgIpc) is 3.03. The van der Waals surface area contributed by atoms with E-state index in [0.29, 0.717) is 27.3 Å². The lowest BCUT2D eigenvalue weighted by molar-refractivity contribution is 0.781. The van der Waals surface area contributed by atoms with Crippen LogP contribution in [0.3, 0.4) is 0 Å². The maximum atomic E-state index is 6.10. The Bertz CT molecular complexity index is 763. The molecule has 0 aliphatic carbocycles. The number of rotatable bonds is 2. The largest absolute Gasteiger partial charge is 0.383 e. The number of nitrogen functional groups attached to an aromatic ring is 1. The van der Waals surface area contributed by atoms with Crippen molar-refractivity contribution in [1.29, 1.82) is 0 Å². The predicted octanol–water partition coefficient (Wildman–Crippen LogP) is 2.76. The van der Waals surface area contributed by atoms with Gasteiger partial charge in [0.15, 0.2) is 0 Å². The molecule has 0 spiro atoms.